The molecule has 1 aliphatic carbocycles. The second-order valence-electron chi connectivity index (χ2n) is 6.77. The van der Waals surface area contributed by atoms with Gasteiger partial charge in [-0.2, -0.15) is 5.10 Å². The zero-order valence-electron chi connectivity index (χ0n) is 14.0. The fraction of sp³-hybridized carbons (Fsp3) is 0.824. The molecule has 1 saturated carbocycles. The molecule has 0 bridgehead atoms. The third-order valence-corrected chi connectivity index (χ3v) is 5.08. The Hall–Kier alpha value is -1.03. The van der Waals surface area contributed by atoms with Gasteiger partial charge in [0.2, 0.25) is 0 Å². The highest BCUT2D eigenvalue weighted by molar-refractivity contribution is 5.28. The maximum absolute atomic E-state index is 6.60. The molecule has 1 aromatic heterocycles. The van der Waals surface area contributed by atoms with Crippen LogP contribution in [0.1, 0.15) is 64.6 Å². The summed E-state index contributed by atoms with van der Waals surface area (Å²) in [6.07, 6.45) is 7.94. The van der Waals surface area contributed by atoms with Crippen molar-refractivity contribution < 1.29 is 4.74 Å². The summed E-state index contributed by atoms with van der Waals surface area (Å²) >= 11 is 0. The monoisotopic (exact) mass is 293 g/mol. The molecule has 4 nitrogen and oxygen atoms in total. The van der Waals surface area contributed by atoms with Crippen molar-refractivity contribution in [2.24, 2.45) is 23.5 Å². The Labute approximate surface area is 129 Å². The molecule has 1 heterocycles. The highest BCUT2D eigenvalue weighted by Crippen LogP contribution is 2.40. The highest BCUT2D eigenvalue weighted by atomic mass is 16.5. The molecule has 4 heteroatoms. The van der Waals surface area contributed by atoms with Crippen LogP contribution in [0.2, 0.25) is 0 Å². The van der Waals surface area contributed by atoms with Gasteiger partial charge in [-0.25, -0.2) is 0 Å². The highest BCUT2D eigenvalue weighted by Gasteiger charge is 2.31. The molecular weight excluding hydrogens is 262 g/mol. The Morgan fingerprint density at radius 2 is 1.90 bits per heavy atom. The molecule has 0 amide bonds. The number of aromatic nitrogens is 2. The fourth-order valence-corrected chi connectivity index (χ4v) is 3.66. The van der Waals surface area contributed by atoms with Gasteiger partial charge in [0.15, 0.2) is 5.75 Å². The number of aryl methyl sites for hydroxylation is 1. The van der Waals surface area contributed by atoms with Crippen molar-refractivity contribution in [3.05, 3.63) is 11.9 Å². The van der Waals surface area contributed by atoms with Crippen molar-refractivity contribution in [3.63, 3.8) is 0 Å². The largest absolute Gasteiger partial charge is 0.493 e. The van der Waals surface area contributed by atoms with Crippen LogP contribution in [0.5, 0.6) is 5.75 Å². The van der Waals surface area contributed by atoms with Crippen LogP contribution in [0, 0.1) is 17.8 Å². The number of methoxy groups -OCH3 is 1. The molecule has 0 aromatic carbocycles. The first-order valence-electron chi connectivity index (χ1n) is 8.43. The summed E-state index contributed by atoms with van der Waals surface area (Å²) < 4.78 is 7.52. The average molecular weight is 293 g/mol. The standard InChI is InChI=1S/C17H31N3O/c1-5-10-20-17(15(21-4)11-19-20)16(18)14-8-6-13(7-9-14)12(2)3/h11-14,16H,5-10,18H2,1-4H3. The Balaban J connectivity index is 2.09. The molecule has 0 radical (unpaired) electrons. The summed E-state index contributed by atoms with van der Waals surface area (Å²) in [5, 5.41) is 4.45. The number of nitrogens with two attached hydrogens (primary N) is 1. The van der Waals surface area contributed by atoms with Gasteiger partial charge in [0.1, 0.15) is 0 Å². The van der Waals surface area contributed by atoms with E-state index in [4.69, 9.17) is 10.5 Å². The van der Waals surface area contributed by atoms with Gasteiger partial charge in [0, 0.05) is 6.54 Å². The third-order valence-electron chi connectivity index (χ3n) is 5.08. The average Bonchev–Trinajstić information content (AvgIpc) is 2.90. The molecule has 1 fully saturated rings. The van der Waals surface area contributed by atoms with E-state index in [1.54, 1.807) is 7.11 Å². The van der Waals surface area contributed by atoms with Gasteiger partial charge in [-0.1, -0.05) is 20.8 Å². The van der Waals surface area contributed by atoms with Crippen molar-refractivity contribution in [3.8, 4) is 5.75 Å². The molecular formula is C17H31N3O. The van der Waals surface area contributed by atoms with Gasteiger partial charge in [-0.3, -0.25) is 4.68 Å². The summed E-state index contributed by atoms with van der Waals surface area (Å²) in [6, 6.07) is 0.0436. The Bertz CT molecular complexity index is 433. The lowest BCUT2D eigenvalue weighted by atomic mass is 9.74. The van der Waals surface area contributed by atoms with Crippen LogP contribution in [0.15, 0.2) is 6.20 Å². The quantitative estimate of drug-likeness (QED) is 0.868. The van der Waals surface area contributed by atoms with Crippen LogP contribution >= 0.6 is 0 Å². The fourth-order valence-electron chi connectivity index (χ4n) is 3.66. The van der Waals surface area contributed by atoms with E-state index in [0.29, 0.717) is 5.92 Å². The number of hydrogen-bond donors (Lipinski definition) is 1. The smallest absolute Gasteiger partial charge is 0.161 e. The molecule has 1 unspecified atom stereocenters. The van der Waals surface area contributed by atoms with Crippen LogP contribution < -0.4 is 10.5 Å². The van der Waals surface area contributed by atoms with Crippen molar-refractivity contribution in [1.29, 1.82) is 0 Å². The van der Waals surface area contributed by atoms with E-state index in [9.17, 15) is 0 Å². The zero-order chi connectivity index (χ0) is 15.4. The number of ether oxygens (including phenoxy) is 1. The van der Waals surface area contributed by atoms with E-state index in [-0.39, 0.29) is 6.04 Å². The summed E-state index contributed by atoms with van der Waals surface area (Å²) in [5.41, 5.74) is 7.69. The topological polar surface area (TPSA) is 53.1 Å². The Kier molecular flexibility index (Phi) is 5.68. The van der Waals surface area contributed by atoms with Gasteiger partial charge in [0.05, 0.1) is 25.0 Å². The minimum atomic E-state index is 0.0436. The van der Waals surface area contributed by atoms with Crippen molar-refractivity contribution >= 4 is 0 Å². The molecule has 2 N–H and O–H groups in total. The van der Waals surface area contributed by atoms with Gasteiger partial charge in [-0.05, 0) is 49.9 Å². The van der Waals surface area contributed by atoms with Gasteiger partial charge in [0.25, 0.3) is 0 Å². The first-order chi connectivity index (χ1) is 10.1. The molecule has 0 saturated heterocycles. The maximum atomic E-state index is 6.60. The van der Waals surface area contributed by atoms with E-state index in [2.05, 4.69) is 25.9 Å². The van der Waals surface area contributed by atoms with Crippen LogP contribution in [-0.2, 0) is 6.54 Å². The molecule has 2 rings (SSSR count). The van der Waals surface area contributed by atoms with Crippen molar-refractivity contribution in [2.75, 3.05) is 7.11 Å². The SMILES string of the molecule is CCCn1ncc(OC)c1C(N)C1CCC(C(C)C)CC1. The minimum absolute atomic E-state index is 0.0436. The second kappa shape index (κ2) is 7.30. The van der Waals surface area contributed by atoms with Gasteiger partial charge in [-0.15, -0.1) is 0 Å². The molecule has 1 aromatic rings. The summed E-state index contributed by atoms with van der Waals surface area (Å²) in [4.78, 5) is 0. The van der Waals surface area contributed by atoms with Crippen LogP contribution in [0.3, 0.4) is 0 Å². The maximum Gasteiger partial charge on any atom is 0.161 e. The summed E-state index contributed by atoms with van der Waals surface area (Å²) in [5.74, 6) is 3.07. The number of nitrogens with zero attached hydrogens (tertiary/aromatic N) is 2. The Morgan fingerprint density at radius 3 is 2.43 bits per heavy atom. The molecule has 120 valence electrons. The van der Waals surface area contributed by atoms with E-state index < -0.39 is 0 Å². The van der Waals surface area contributed by atoms with E-state index >= 15 is 0 Å². The predicted molar refractivity (Wildman–Crippen MR) is 86.3 cm³/mol. The minimum Gasteiger partial charge on any atom is -0.493 e. The van der Waals surface area contributed by atoms with Crippen molar-refractivity contribution in [2.45, 2.75) is 65.5 Å². The summed E-state index contributed by atoms with van der Waals surface area (Å²) in [7, 11) is 1.71. The van der Waals surface area contributed by atoms with Crippen LogP contribution in [0.4, 0.5) is 0 Å². The van der Waals surface area contributed by atoms with E-state index in [1.165, 1.54) is 25.7 Å². The zero-order valence-corrected chi connectivity index (χ0v) is 14.0. The van der Waals surface area contributed by atoms with Crippen LogP contribution in [0.25, 0.3) is 0 Å². The molecule has 21 heavy (non-hydrogen) atoms. The van der Waals surface area contributed by atoms with E-state index in [0.717, 1.165) is 36.2 Å². The van der Waals surface area contributed by atoms with Crippen LogP contribution in [-0.4, -0.2) is 16.9 Å². The van der Waals surface area contributed by atoms with E-state index in [1.807, 2.05) is 10.9 Å². The normalized spacial score (nSPS) is 24.3. The summed E-state index contributed by atoms with van der Waals surface area (Å²) in [6.45, 7) is 7.75. The first kappa shape index (κ1) is 16.3. The lowest BCUT2D eigenvalue weighted by molar-refractivity contribution is 0.198. The third kappa shape index (κ3) is 3.60. The number of rotatable bonds is 6. The molecule has 0 spiro atoms. The first-order valence-corrected chi connectivity index (χ1v) is 8.43. The predicted octanol–water partition coefficient (Wildman–Crippen LogP) is 3.76. The van der Waals surface area contributed by atoms with Gasteiger partial charge < -0.3 is 10.5 Å². The number of hydrogen-bond acceptors (Lipinski definition) is 3. The molecule has 1 atom stereocenters. The molecule has 0 aliphatic heterocycles. The second-order valence-corrected chi connectivity index (χ2v) is 6.77. The lowest BCUT2D eigenvalue weighted by Gasteiger charge is -2.34. The molecule has 1 aliphatic rings. The Morgan fingerprint density at radius 1 is 1.29 bits per heavy atom. The lowest BCUT2D eigenvalue weighted by Crippen LogP contribution is -2.29. The van der Waals surface area contributed by atoms with Gasteiger partial charge >= 0.3 is 0 Å². The van der Waals surface area contributed by atoms with Crippen molar-refractivity contribution in [1.82, 2.24) is 9.78 Å².